The van der Waals surface area contributed by atoms with E-state index in [0.717, 1.165) is 49.4 Å². The summed E-state index contributed by atoms with van der Waals surface area (Å²) in [6, 6.07) is 15.7. The highest BCUT2D eigenvalue weighted by Gasteiger charge is 2.08. The second-order valence-electron chi connectivity index (χ2n) is 9.23. The normalized spacial score (nSPS) is 10.9. The van der Waals surface area contributed by atoms with Crippen molar-refractivity contribution in [3.05, 3.63) is 54.1 Å². The van der Waals surface area contributed by atoms with Crippen molar-refractivity contribution in [2.24, 2.45) is 0 Å². The van der Waals surface area contributed by atoms with Crippen LogP contribution in [-0.2, 0) is 9.47 Å². The van der Waals surface area contributed by atoms with E-state index in [1.807, 2.05) is 36.4 Å². The fraction of sp³-hybridized carbons (Fsp3) is 0.581. The molecule has 4 heteroatoms. The highest BCUT2D eigenvalue weighted by molar-refractivity contribution is 5.90. The van der Waals surface area contributed by atoms with Crippen LogP contribution in [0.5, 0.6) is 5.75 Å². The molecule has 0 radical (unpaired) electrons. The van der Waals surface area contributed by atoms with Crippen molar-refractivity contribution in [3.63, 3.8) is 0 Å². The summed E-state index contributed by atoms with van der Waals surface area (Å²) in [7, 11) is 0. The van der Waals surface area contributed by atoms with Crippen molar-refractivity contribution in [3.8, 4) is 16.9 Å². The van der Waals surface area contributed by atoms with Gasteiger partial charge in [0.2, 0.25) is 0 Å². The van der Waals surface area contributed by atoms with Gasteiger partial charge in [-0.3, -0.25) is 0 Å². The molecular weight excluding hydrogens is 436 g/mol. The van der Waals surface area contributed by atoms with E-state index in [9.17, 15) is 4.79 Å². The summed E-state index contributed by atoms with van der Waals surface area (Å²) < 4.78 is 16.9. The number of hydrogen-bond acceptors (Lipinski definition) is 4. The van der Waals surface area contributed by atoms with Crippen LogP contribution in [-0.4, -0.2) is 32.4 Å². The third-order valence-corrected chi connectivity index (χ3v) is 6.13. The zero-order chi connectivity index (χ0) is 25.0. The smallest absolute Gasteiger partial charge is 0.338 e. The van der Waals surface area contributed by atoms with Gasteiger partial charge in [0.15, 0.2) is 0 Å². The highest BCUT2D eigenvalue weighted by Crippen LogP contribution is 2.23. The summed E-state index contributed by atoms with van der Waals surface area (Å²) >= 11 is 0. The summed E-state index contributed by atoms with van der Waals surface area (Å²) in [4.78, 5) is 12.3. The van der Waals surface area contributed by atoms with Gasteiger partial charge in [0.1, 0.15) is 5.75 Å². The van der Waals surface area contributed by atoms with Crippen LogP contribution in [0.1, 0.15) is 101 Å². The average molecular weight is 483 g/mol. The first kappa shape index (κ1) is 28.9. The minimum absolute atomic E-state index is 0.283. The molecule has 194 valence electrons. The van der Waals surface area contributed by atoms with Crippen molar-refractivity contribution < 1.29 is 19.0 Å². The molecule has 0 saturated heterocycles. The molecule has 2 aromatic carbocycles. The average Bonchev–Trinajstić information content (AvgIpc) is 2.89. The molecule has 0 N–H and O–H groups in total. The third kappa shape index (κ3) is 12.8. The van der Waals surface area contributed by atoms with Crippen LogP contribution in [0, 0.1) is 0 Å². The lowest BCUT2D eigenvalue weighted by Gasteiger charge is -2.09. The summed E-state index contributed by atoms with van der Waals surface area (Å²) in [5.74, 6) is 0.623. The van der Waals surface area contributed by atoms with Gasteiger partial charge in [-0.2, -0.15) is 0 Å². The van der Waals surface area contributed by atoms with Gasteiger partial charge >= 0.3 is 5.97 Å². The van der Waals surface area contributed by atoms with Crippen molar-refractivity contribution in [1.82, 2.24) is 0 Å². The van der Waals surface area contributed by atoms with Crippen LogP contribution < -0.4 is 4.74 Å². The molecule has 2 aromatic rings. The Morgan fingerprint density at radius 2 is 1.09 bits per heavy atom. The van der Waals surface area contributed by atoms with Crippen LogP contribution in [0.2, 0.25) is 0 Å². The molecule has 0 amide bonds. The first-order chi connectivity index (χ1) is 17.2. The second kappa shape index (κ2) is 18.9. The molecule has 0 aromatic heterocycles. The topological polar surface area (TPSA) is 44.8 Å². The van der Waals surface area contributed by atoms with E-state index in [1.165, 1.54) is 57.8 Å². The minimum Gasteiger partial charge on any atom is -0.494 e. The molecule has 0 spiro atoms. The van der Waals surface area contributed by atoms with Crippen molar-refractivity contribution >= 4 is 5.97 Å². The number of carbonyl (C=O) groups excluding carboxylic acids is 1. The number of unbranched alkanes of at least 4 members (excludes halogenated alkanes) is 9. The zero-order valence-corrected chi connectivity index (χ0v) is 22.1. The SMILES string of the molecule is CCCCCCCCOc1ccc(-c2ccc(C(=O)OCCCOCCCCCCC)cc2)cc1. The monoisotopic (exact) mass is 482 g/mol. The molecule has 0 atom stereocenters. The number of benzene rings is 2. The van der Waals surface area contributed by atoms with E-state index in [2.05, 4.69) is 26.0 Å². The molecule has 0 fully saturated rings. The maximum absolute atomic E-state index is 12.3. The van der Waals surface area contributed by atoms with Crippen molar-refractivity contribution in [2.45, 2.75) is 90.9 Å². The quantitative estimate of drug-likeness (QED) is 0.140. The molecule has 0 bridgehead atoms. The maximum atomic E-state index is 12.3. The third-order valence-electron chi connectivity index (χ3n) is 6.13. The van der Waals surface area contributed by atoms with Gasteiger partial charge in [0.05, 0.1) is 18.8 Å². The first-order valence-corrected chi connectivity index (χ1v) is 13.8. The van der Waals surface area contributed by atoms with Crippen LogP contribution >= 0.6 is 0 Å². The zero-order valence-electron chi connectivity index (χ0n) is 22.1. The van der Waals surface area contributed by atoms with Gasteiger partial charge in [-0.25, -0.2) is 4.79 Å². The van der Waals surface area contributed by atoms with Gasteiger partial charge in [0, 0.05) is 19.6 Å². The Bertz CT molecular complexity index is 783. The number of hydrogen-bond donors (Lipinski definition) is 0. The Hall–Kier alpha value is -2.33. The largest absolute Gasteiger partial charge is 0.494 e. The van der Waals surface area contributed by atoms with Crippen LogP contribution in [0.4, 0.5) is 0 Å². The predicted molar refractivity (Wildman–Crippen MR) is 145 cm³/mol. The summed E-state index contributed by atoms with van der Waals surface area (Å²) in [5, 5.41) is 0. The predicted octanol–water partition coefficient (Wildman–Crippen LogP) is 8.63. The van der Waals surface area contributed by atoms with Gasteiger partial charge in [-0.1, -0.05) is 95.9 Å². The summed E-state index contributed by atoms with van der Waals surface area (Å²) in [6.07, 6.45) is 14.5. The molecule has 0 aliphatic heterocycles. The van der Waals surface area contributed by atoms with E-state index in [1.54, 1.807) is 0 Å². The Morgan fingerprint density at radius 3 is 1.71 bits per heavy atom. The van der Waals surface area contributed by atoms with Gasteiger partial charge in [-0.15, -0.1) is 0 Å². The second-order valence-corrected chi connectivity index (χ2v) is 9.23. The number of ether oxygens (including phenoxy) is 3. The number of rotatable bonds is 20. The number of esters is 1. The van der Waals surface area contributed by atoms with E-state index < -0.39 is 0 Å². The lowest BCUT2D eigenvalue weighted by Crippen LogP contribution is -2.08. The maximum Gasteiger partial charge on any atom is 0.338 e. The van der Waals surface area contributed by atoms with Crippen molar-refractivity contribution in [2.75, 3.05) is 26.4 Å². The van der Waals surface area contributed by atoms with E-state index >= 15 is 0 Å². The minimum atomic E-state index is -0.283. The molecular formula is C31H46O4. The Kier molecular flexibility index (Phi) is 15.6. The van der Waals surface area contributed by atoms with Crippen LogP contribution in [0.3, 0.4) is 0 Å². The number of carbonyl (C=O) groups is 1. The highest BCUT2D eigenvalue weighted by atomic mass is 16.5. The van der Waals surface area contributed by atoms with Gasteiger partial charge in [-0.05, 0) is 48.2 Å². The fourth-order valence-corrected chi connectivity index (χ4v) is 3.93. The van der Waals surface area contributed by atoms with Crippen LogP contribution in [0.15, 0.2) is 48.5 Å². The molecule has 2 rings (SSSR count). The van der Waals surface area contributed by atoms with Crippen LogP contribution in [0.25, 0.3) is 11.1 Å². The summed E-state index contributed by atoms with van der Waals surface area (Å²) in [5.41, 5.74) is 2.74. The molecule has 0 heterocycles. The molecule has 0 aliphatic carbocycles. The fourth-order valence-electron chi connectivity index (χ4n) is 3.93. The molecule has 35 heavy (non-hydrogen) atoms. The molecule has 4 nitrogen and oxygen atoms in total. The lowest BCUT2D eigenvalue weighted by atomic mass is 10.0. The van der Waals surface area contributed by atoms with E-state index in [0.29, 0.717) is 18.8 Å². The lowest BCUT2D eigenvalue weighted by molar-refractivity contribution is 0.0443. The van der Waals surface area contributed by atoms with Crippen molar-refractivity contribution in [1.29, 1.82) is 0 Å². The molecule has 0 saturated carbocycles. The molecule has 0 unspecified atom stereocenters. The van der Waals surface area contributed by atoms with Gasteiger partial charge in [0.25, 0.3) is 0 Å². The summed E-state index contributed by atoms with van der Waals surface area (Å²) in [6.45, 7) is 7.05. The standard InChI is InChI=1S/C31H46O4/c1-3-5-7-9-11-13-25-34-30-21-19-28(20-22-30)27-15-17-29(18-16-27)31(32)35-26-14-24-33-23-12-10-8-6-4-2/h15-22H,3-14,23-26H2,1-2H3. The van der Waals surface area contributed by atoms with Gasteiger partial charge < -0.3 is 14.2 Å². The first-order valence-electron chi connectivity index (χ1n) is 13.8. The van der Waals surface area contributed by atoms with E-state index in [4.69, 9.17) is 14.2 Å². The Morgan fingerprint density at radius 1 is 0.571 bits per heavy atom. The Labute approximate surface area is 213 Å². The Balaban J connectivity index is 1.62. The molecule has 0 aliphatic rings. The van der Waals surface area contributed by atoms with E-state index in [-0.39, 0.29) is 5.97 Å².